The maximum Gasteiger partial charge on any atom is 0.358 e. The van der Waals surface area contributed by atoms with Gasteiger partial charge in [0.2, 0.25) is 0 Å². The number of aromatic carboxylic acids is 1. The Kier molecular flexibility index (Phi) is 3.88. The molecule has 6 heteroatoms. The van der Waals surface area contributed by atoms with Crippen molar-refractivity contribution < 1.29 is 14.4 Å². The molecule has 0 fully saturated rings. The van der Waals surface area contributed by atoms with Gasteiger partial charge in [-0.25, -0.2) is 4.79 Å². The number of hydrogen-bond donors (Lipinski definition) is 2. The Morgan fingerprint density at radius 1 is 1.50 bits per heavy atom. The summed E-state index contributed by atoms with van der Waals surface area (Å²) < 4.78 is 4.92. The maximum atomic E-state index is 10.6. The van der Waals surface area contributed by atoms with E-state index in [4.69, 9.17) is 9.63 Å². The van der Waals surface area contributed by atoms with Crippen LogP contribution in [0, 0.1) is 0 Å². The molecule has 0 bridgehead atoms. The number of rotatable bonds is 5. The predicted octanol–water partition coefficient (Wildman–Crippen LogP) is 2.71. The van der Waals surface area contributed by atoms with E-state index in [9.17, 15) is 4.79 Å². The van der Waals surface area contributed by atoms with Gasteiger partial charge in [0.05, 0.1) is 6.54 Å². The smallest absolute Gasteiger partial charge is 0.358 e. The van der Waals surface area contributed by atoms with Crippen molar-refractivity contribution in [2.75, 3.05) is 11.6 Å². The first kappa shape index (κ1) is 12.5. The SMILES string of the molecule is CSc1ccccc1NCc1cc(C(=O)O)no1. The number of benzene rings is 1. The second-order valence-electron chi connectivity index (χ2n) is 3.54. The van der Waals surface area contributed by atoms with E-state index in [0.717, 1.165) is 10.6 Å². The van der Waals surface area contributed by atoms with Crippen LogP contribution < -0.4 is 5.32 Å². The molecular formula is C12H12N2O3S. The molecule has 0 radical (unpaired) electrons. The fraction of sp³-hybridized carbons (Fsp3) is 0.167. The van der Waals surface area contributed by atoms with Crippen LogP contribution in [0.2, 0.25) is 0 Å². The fourth-order valence-corrected chi connectivity index (χ4v) is 2.04. The van der Waals surface area contributed by atoms with Crippen molar-refractivity contribution in [2.45, 2.75) is 11.4 Å². The first-order valence-corrected chi connectivity index (χ1v) is 6.49. The molecular weight excluding hydrogens is 252 g/mol. The molecule has 0 saturated heterocycles. The van der Waals surface area contributed by atoms with Gasteiger partial charge in [-0.3, -0.25) is 0 Å². The van der Waals surface area contributed by atoms with Gasteiger partial charge in [0.25, 0.3) is 0 Å². The highest BCUT2D eigenvalue weighted by Crippen LogP contribution is 2.25. The summed E-state index contributed by atoms with van der Waals surface area (Å²) in [4.78, 5) is 11.8. The molecule has 5 nitrogen and oxygen atoms in total. The number of carbonyl (C=O) groups is 1. The summed E-state index contributed by atoms with van der Waals surface area (Å²) in [6.07, 6.45) is 2.00. The normalized spacial score (nSPS) is 10.3. The highest BCUT2D eigenvalue weighted by Gasteiger charge is 2.10. The number of carboxylic acid groups (broad SMARTS) is 1. The number of carboxylic acids is 1. The number of para-hydroxylation sites is 1. The van der Waals surface area contributed by atoms with Crippen LogP contribution in [0.4, 0.5) is 5.69 Å². The lowest BCUT2D eigenvalue weighted by Gasteiger charge is -2.08. The van der Waals surface area contributed by atoms with Gasteiger partial charge in [-0.05, 0) is 18.4 Å². The van der Waals surface area contributed by atoms with Crippen LogP contribution in [0.25, 0.3) is 0 Å². The van der Waals surface area contributed by atoms with E-state index in [-0.39, 0.29) is 5.69 Å². The number of nitrogens with one attached hydrogen (secondary N) is 1. The Balaban J connectivity index is 2.04. The van der Waals surface area contributed by atoms with Crippen LogP contribution in [0.1, 0.15) is 16.2 Å². The number of thioether (sulfide) groups is 1. The molecule has 0 amide bonds. The Morgan fingerprint density at radius 2 is 2.28 bits per heavy atom. The Labute approximate surface area is 108 Å². The molecule has 18 heavy (non-hydrogen) atoms. The number of anilines is 1. The molecule has 0 aliphatic carbocycles. The van der Waals surface area contributed by atoms with Crippen molar-refractivity contribution in [3.63, 3.8) is 0 Å². The molecule has 2 aromatic rings. The topological polar surface area (TPSA) is 75.4 Å². The Bertz CT molecular complexity index is 554. The number of aromatic nitrogens is 1. The maximum absolute atomic E-state index is 10.6. The van der Waals surface area contributed by atoms with E-state index in [1.165, 1.54) is 6.07 Å². The molecule has 2 rings (SSSR count). The molecule has 1 heterocycles. The van der Waals surface area contributed by atoms with Gasteiger partial charge < -0.3 is 14.9 Å². The van der Waals surface area contributed by atoms with Gasteiger partial charge in [0, 0.05) is 16.6 Å². The fourth-order valence-electron chi connectivity index (χ4n) is 1.47. The number of hydrogen-bond acceptors (Lipinski definition) is 5. The van der Waals surface area contributed by atoms with Crippen LogP contribution in [0.15, 0.2) is 39.8 Å². The van der Waals surface area contributed by atoms with Crippen LogP contribution >= 0.6 is 11.8 Å². The van der Waals surface area contributed by atoms with Crippen molar-refractivity contribution >= 4 is 23.4 Å². The molecule has 2 N–H and O–H groups in total. The van der Waals surface area contributed by atoms with E-state index in [1.807, 2.05) is 30.5 Å². The van der Waals surface area contributed by atoms with Gasteiger partial charge in [-0.1, -0.05) is 17.3 Å². The lowest BCUT2D eigenvalue weighted by atomic mass is 10.3. The Morgan fingerprint density at radius 3 is 2.94 bits per heavy atom. The highest BCUT2D eigenvalue weighted by atomic mass is 32.2. The zero-order chi connectivity index (χ0) is 13.0. The minimum atomic E-state index is -1.09. The largest absolute Gasteiger partial charge is 0.476 e. The third-order valence-electron chi connectivity index (χ3n) is 2.34. The number of nitrogens with zero attached hydrogens (tertiary/aromatic N) is 1. The van der Waals surface area contributed by atoms with E-state index >= 15 is 0 Å². The summed E-state index contributed by atoms with van der Waals surface area (Å²) in [6.45, 7) is 0.401. The molecule has 0 unspecified atom stereocenters. The summed E-state index contributed by atoms with van der Waals surface area (Å²) in [5.41, 5.74) is 0.906. The van der Waals surface area contributed by atoms with E-state index < -0.39 is 5.97 Å². The molecule has 0 saturated carbocycles. The van der Waals surface area contributed by atoms with Crippen molar-refractivity contribution in [3.8, 4) is 0 Å². The van der Waals surface area contributed by atoms with Crippen LogP contribution in [0.3, 0.4) is 0 Å². The standard InChI is InChI=1S/C12H12N2O3S/c1-18-11-5-3-2-4-9(11)13-7-8-6-10(12(15)16)14-17-8/h2-6,13H,7H2,1H3,(H,15,16). The van der Waals surface area contributed by atoms with Crippen molar-refractivity contribution in [1.82, 2.24) is 5.16 Å². The van der Waals surface area contributed by atoms with Gasteiger partial charge in [-0.15, -0.1) is 11.8 Å². The van der Waals surface area contributed by atoms with E-state index in [1.54, 1.807) is 11.8 Å². The van der Waals surface area contributed by atoms with Crippen molar-refractivity contribution in [1.29, 1.82) is 0 Å². The average molecular weight is 264 g/mol. The third kappa shape index (κ3) is 2.84. The molecule has 0 aliphatic heterocycles. The second-order valence-corrected chi connectivity index (χ2v) is 4.39. The van der Waals surface area contributed by atoms with Crippen molar-refractivity contribution in [2.24, 2.45) is 0 Å². The van der Waals surface area contributed by atoms with Crippen LogP contribution in [0.5, 0.6) is 0 Å². The molecule has 1 aromatic carbocycles. The lowest BCUT2D eigenvalue weighted by molar-refractivity contribution is 0.0685. The summed E-state index contributed by atoms with van der Waals surface area (Å²) in [5, 5.41) is 15.4. The van der Waals surface area contributed by atoms with Gasteiger partial charge >= 0.3 is 5.97 Å². The minimum Gasteiger partial charge on any atom is -0.476 e. The zero-order valence-corrected chi connectivity index (χ0v) is 10.5. The lowest BCUT2D eigenvalue weighted by Crippen LogP contribution is -1.99. The molecule has 0 aliphatic rings. The zero-order valence-electron chi connectivity index (χ0n) is 9.71. The van der Waals surface area contributed by atoms with E-state index in [0.29, 0.717) is 12.3 Å². The van der Waals surface area contributed by atoms with Gasteiger partial charge in [-0.2, -0.15) is 0 Å². The van der Waals surface area contributed by atoms with Gasteiger partial charge in [0.1, 0.15) is 0 Å². The molecule has 94 valence electrons. The second kappa shape index (κ2) is 5.59. The Hall–Kier alpha value is -1.95. The highest BCUT2D eigenvalue weighted by molar-refractivity contribution is 7.98. The summed E-state index contributed by atoms with van der Waals surface area (Å²) in [7, 11) is 0. The summed E-state index contributed by atoms with van der Waals surface area (Å²) in [6, 6.07) is 9.28. The van der Waals surface area contributed by atoms with Crippen molar-refractivity contribution in [3.05, 3.63) is 41.8 Å². The predicted molar refractivity (Wildman–Crippen MR) is 69.0 cm³/mol. The average Bonchev–Trinajstić information content (AvgIpc) is 2.85. The van der Waals surface area contributed by atoms with E-state index in [2.05, 4.69) is 10.5 Å². The van der Waals surface area contributed by atoms with Gasteiger partial charge in [0.15, 0.2) is 11.5 Å². The third-order valence-corrected chi connectivity index (χ3v) is 3.13. The minimum absolute atomic E-state index is 0.0787. The summed E-state index contributed by atoms with van der Waals surface area (Å²) >= 11 is 1.64. The van der Waals surface area contributed by atoms with Crippen LogP contribution in [-0.2, 0) is 6.54 Å². The monoisotopic (exact) mass is 264 g/mol. The summed E-state index contributed by atoms with van der Waals surface area (Å²) in [5.74, 6) is -0.599. The molecule has 1 aromatic heterocycles. The molecule has 0 spiro atoms. The first-order valence-electron chi connectivity index (χ1n) is 5.26. The molecule has 0 atom stereocenters. The quantitative estimate of drug-likeness (QED) is 0.809. The van der Waals surface area contributed by atoms with Crippen LogP contribution in [-0.4, -0.2) is 22.5 Å². The first-order chi connectivity index (χ1) is 8.70.